The molecular formula is C20H21N5O3. The predicted octanol–water partition coefficient (Wildman–Crippen LogP) is 2.76. The lowest BCUT2D eigenvalue weighted by Crippen LogP contribution is -2.14. The Morgan fingerprint density at radius 1 is 1.21 bits per heavy atom. The Hall–Kier alpha value is -3.29. The molecule has 1 saturated carbocycles. The van der Waals surface area contributed by atoms with Crippen molar-refractivity contribution in [3.8, 4) is 11.4 Å². The molecule has 28 heavy (non-hydrogen) atoms. The molecule has 4 rings (SSSR count). The molecule has 1 aliphatic rings. The standard InChI is InChI=1S/C20H21N5O3/c1-12-9-17(13(2)25(12)16-7-8-16)18(26)11-24-22-19(21-23-24)14-5-4-6-15(10-14)20(27)28-3/h4-6,9-10,16H,7-8,11H2,1-3H3. The van der Waals surface area contributed by atoms with Gasteiger partial charge in [0.25, 0.3) is 0 Å². The van der Waals surface area contributed by atoms with Gasteiger partial charge in [0.05, 0.1) is 12.7 Å². The molecule has 0 N–H and O–H groups in total. The number of aryl methyl sites for hydroxylation is 1. The summed E-state index contributed by atoms with van der Waals surface area (Å²) in [6.07, 6.45) is 2.34. The molecule has 8 heteroatoms. The molecule has 1 aromatic carbocycles. The van der Waals surface area contributed by atoms with Crippen molar-refractivity contribution in [1.82, 2.24) is 24.8 Å². The summed E-state index contributed by atoms with van der Waals surface area (Å²) in [7, 11) is 1.33. The van der Waals surface area contributed by atoms with Gasteiger partial charge in [-0.05, 0) is 50.1 Å². The van der Waals surface area contributed by atoms with Crippen molar-refractivity contribution >= 4 is 11.8 Å². The van der Waals surface area contributed by atoms with E-state index >= 15 is 0 Å². The summed E-state index contributed by atoms with van der Waals surface area (Å²) in [4.78, 5) is 25.7. The molecule has 0 radical (unpaired) electrons. The van der Waals surface area contributed by atoms with Crippen LogP contribution in [0, 0.1) is 13.8 Å². The van der Waals surface area contributed by atoms with Crippen LogP contribution in [0.25, 0.3) is 11.4 Å². The van der Waals surface area contributed by atoms with Crippen molar-refractivity contribution in [1.29, 1.82) is 0 Å². The molecule has 1 fully saturated rings. The molecule has 8 nitrogen and oxygen atoms in total. The first-order chi connectivity index (χ1) is 13.5. The third-order valence-corrected chi connectivity index (χ3v) is 4.98. The van der Waals surface area contributed by atoms with Crippen molar-refractivity contribution in [3.63, 3.8) is 0 Å². The lowest BCUT2D eigenvalue weighted by atomic mass is 10.1. The maximum absolute atomic E-state index is 12.8. The van der Waals surface area contributed by atoms with Crippen LogP contribution in [0.2, 0.25) is 0 Å². The molecule has 144 valence electrons. The van der Waals surface area contributed by atoms with Crippen molar-refractivity contribution in [2.24, 2.45) is 0 Å². The highest BCUT2D eigenvalue weighted by Gasteiger charge is 2.28. The van der Waals surface area contributed by atoms with Gasteiger partial charge < -0.3 is 9.30 Å². The van der Waals surface area contributed by atoms with Crippen molar-refractivity contribution < 1.29 is 14.3 Å². The summed E-state index contributed by atoms with van der Waals surface area (Å²) in [6.45, 7) is 4.03. The van der Waals surface area contributed by atoms with E-state index in [4.69, 9.17) is 4.74 Å². The average Bonchev–Trinajstić information content (AvgIpc) is 3.33. The van der Waals surface area contributed by atoms with E-state index in [1.165, 1.54) is 24.7 Å². The number of ketones is 1. The molecule has 0 spiro atoms. The molecule has 0 bridgehead atoms. The number of Topliss-reactive ketones (excluding diaryl/α,β-unsaturated/α-hetero) is 1. The van der Waals surface area contributed by atoms with Crippen LogP contribution in [-0.2, 0) is 11.3 Å². The molecule has 0 aliphatic heterocycles. The number of carbonyl (C=O) groups is 2. The molecule has 1 aliphatic carbocycles. The number of rotatable bonds is 6. The van der Waals surface area contributed by atoms with Gasteiger partial charge in [0.15, 0.2) is 5.78 Å². The van der Waals surface area contributed by atoms with Gasteiger partial charge in [-0.1, -0.05) is 12.1 Å². The first-order valence-corrected chi connectivity index (χ1v) is 9.16. The quantitative estimate of drug-likeness (QED) is 0.483. The van der Waals surface area contributed by atoms with Crippen LogP contribution < -0.4 is 0 Å². The second kappa shape index (κ2) is 7.03. The number of tetrazole rings is 1. The maximum Gasteiger partial charge on any atom is 0.337 e. The number of nitrogens with zero attached hydrogens (tertiary/aromatic N) is 5. The van der Waals surface area contributed by atoms with Crippen LogP contribution in [0.1, 0.15) is 51.0 Å². The van der Waals surface area contributed by atoms with E-state index in [1.54, 1.807) is 24.3 Å². The van der Waals surface area contributed by atoms with Crippen LogP contribution in [-0.4, -0.2) is 43.6 Å². The minimum atomic E-state index is -0.435. The van der Waals surface area contributed by atoms with Gasteiger partial charge in [-0.25, -0.2) is 4.79 Å². The second-order valence-electron chi connectivity index (χ2n) is 7.02. The highest BCUT2D eigenvalue weighted by atomic mass is 16.5. The number of methoxy groups -OCH3 is 1. The second-order valence-corrected chi connectivity index (χ2v) is 7.02. The number of carbonyl (C=O) groups excluding carboxylic acids is 2. The summed E-state index contributed by atoms with van der Waals surface area (Å²) in [5, 5.41) is 12.3. The van der Waals surface area contributed by atoms with E-state index in [2.05, 4.69) is 20.0 Å². The number of hydrogen-bond acceptors (Lipinski definition) is 6. The molecule has 0 amide bonds. The van der Waals surface area contributed by atoms with Gasteiger partial charge in [-0.15, -0.1) is 10.2 Å². The fourth-order valence-electron chi connectivity index (χ4n) is 3.50. The van der Waals surface area contributed by atoms with Gasteiger partial charge in [0.2, 0.25) is 5.82 Å². The summed E-state index contributed by atoms with van der Waals surface area (Å²) in [5.74, 6) is -0.135. The average molecular weight is 379 g/mol. The zero-order valence-electron chi connectivity index (χ0n) is 16.0. The zero-order chi connectivity index (χ0) is 19.8. The zero-order valence-corrected chi connectivity index (χ0v) is 16.0. The van der Waals surface area contributed by atoms with E-state index in [9.17, 15) is 9.59 Å². The fourth-order valence-corrected chi connectivity index (χ4v) is 3.50. The van der Waals surface area contributed by atoms with E-state index in [0.29, 0.717) is 28.6 Å². The van der Waals surface area contributed by atoms with Gasteiger partial charge in [0.1, 0.15) is 6.54 Å². The van der Waals surface area contributed by atoms with Crippen LogP contribution in [0.4, 0.5) is 0 Å². The third kappa shape index (κ3) is 3.33. The van der Waals surface area contributed by atoms with E-state index in [-0.39, 0.29) is 12.3 Å². The first-order valence-electron chi connectivity index (χ1n) is 9.16. The minimum absolute atomic E-state index is 0.0126. The van der Waals surface area contributed by atoms with E-state index in [1.807, 2.05) is 19.9 Å². The fraction of sp³-hybridized carbons (Fsp3) is 0.350. The number of esters is 1. The Morgan fingerprint density at radius 3 is 2.71 bits per heavy atom. The Balaban J connectivity index is 1.53. The van der Waals surface area contributed by atoms with E-state index < -0.39 is 5.97 Å². The normalized spacial score (nSPS) is 13.5. The number of hydrogen-bond donors (Lipinski definition) is 0. The van der Waals surface area contributed by atoms with E-state index in [0.717, 1.165) is 11.4 Å². The lowest BCUT2D eigenvalue weighted by Gasteiger charge is -2.07. The first kappa shape index (κ1) is 18.1. The summed E-state index contributed by atoms with van der Waals surface area (Å²) in [5.41, 5.74) is 3.84. The molecule has 0 saturated heterocycles. The van der Waals surface area contributed by atoms with Crippen LogP contribution in [0.15, 0.2) is 30.3 Å². The smallest absolute Gasteiger partial charge is 0.337 e. The SMILES string of the molecule is COC(=O)c1cccc(-c2nnn(CC(=O)c3cc(C)n(C4CC4)c3C)n2)c1. The van der Waals surface area contributed by atoms with Crippen LogP contribution in [0.3, 0.4) is 0 Å². The monoisotopic (exact) mass is 379 g/mol. The molecular weight excluding hydrogens is 358 g/mol. The number of aromatic nitrogens is 5. The van der Waals surface area contributed by atoms with Gasteiger partial charge in [0, 0.05) is 28.6 Å². The molecule has 2 heterocycles. The third-order valence-electron chi connectivity index (χ3n) is 4.98. The van der Waals surface area contributed by atoms with Crippen molar-refractivity contribution in [2.75, 3.05) is 7.11 Å². The predicted molar refractivity (Wildman–Crippen MR) is 101 cm³/mol. The molecule has 0 atom stereocenters. The van der Waals surface area contributed by atoms with Crippen LogP contribution in [0.5, 0.6) is 0 Å². The van der Waals surface area contributed by atoms with Crippen molar-refractivity contribution in [2.45, 2.75) is 39.3 Å². The highest BCUT2D eigenvalue weighted by Crippen LogP contribution is 2.38. The number of benzene rings is 1. The Kier molecular flexibility index (Phi) is 4.54. The number of ether oxygens (including phenoxy) is 1. The largest absolute Gasteiger partial charge is 0.465 e. The van der Waals surface area contributed by atoms with Gasteiger partial charge in [-0.2, -0.15) is 4.80 Å². The molecule has 3 aromatic rings. The Bertz CT molecular complexity index is 1060. The Labute approximate surface area is 162 Å². The Morgan fingerprint density at radius 2 is 2.00 bits per heavy atom. The minimum Gasteiger partial charge on any atom is -0.465 e. The van der Waals surface area contributed by atoms with Gasteiger partial charge >= 0.3 is 5.97 Å². The highest BCUT2D eigenvalue weighted by molar-refractivity contribution is 5.97. The maximum atomic E-state index is 12.8. The topological polar surface area (TPSA) is 91.9 Å². The van der Waals surface area contributed by atoms with Crippen molar-refractivity contribution in [3.05, 3.63) is 52.8 Å². The van der Waals surface area contributed by atoms with Gasteiger partial charge in [-0.3, -0.25) is 4.79 Å². The molecule has 2 aromatic heterocycles. The summed E-state index contributed by atoms with van der Waals surface area (Å²) >= 11 is 0. The summed E-state index contributed by atoms with van der Waals surface area (Å²) < 4.78 is 6.97. The molecule has 0 unspecified atom stereocenters. The summed E-state index contributed by atoms with van der Waals surface area (Å²) in [6, 6.07) is 9.25. The lowest BCUT2D eigenvalue weighted by molar-refractivity contribution is 0.0600. The van der Waals surface area contributed by atoms with Crippen LogP contribution >= 0.6 is 0 Å².